The van der Waals surface area contributed by atoms with Crippen LogP contribution in [-0.4, -0.2) is 58.1 Å². The van der Waals surface area contributed by atoms with Gasteiger partial charge in [0.1, 0.15) is 0 Å². The van der Waals surface area contributed by atoms with Gasteiger partial charge in [0.2, 0.25) is 5.91 Å². The molecule has 2 aromatic carbocycles. The molecule has 0 aromatic heterocycles. The lowest BCUT2D eigenvalue weighted by Gasteiger charge is -2.16. The third-order valence-corrected chi connectivity index (χ3v) is 4.49. The Balaban J connectivity index is 1.76. The van der Waals surface area contributed by atoms with E-state index in [2.05, 4.69) is 10.6 Å². The van der Waals surface area contributed by atoms with Crippen LogP contribution in [0.3, 0.4) is 0 Å². The molecule has 2 amide bonds. The zero-order chi connectivity index (χ0) is 21.2. The lowest BCUT2D eigenvalue weighted by atomic mass is 10.1. The summed E-state index contributed by atoms with van der Waals surface area (Å²) in [4.78, 5) is 25.7. The molecule has 0 saturated carbocycles. The summed E-state index contributed by atoms with van der Waals surface area (Å²) >= 11 is 0. The fourth-order valence-corrected chi connectivity index (χ4v) is 2.96. The van der Waals surface area contributed by atoms with Gasteiger partial charge in [-0.15, -0.1) is 0 Å². The minimum atomic E-state index is -0.112. The van der Waals surface area contributed by atoms with E-state index < -0.39 is 0 Å². The Morgan fingerprint density at radius 2 is 1.62 bits per heavy atom. The molecule has 0 unspecified atom stereocenters. The summed E-state index contributed by atoms with van der Waals surface area (Å²) in [5.74, 6) is 1.22. The van der Waals surface area contributed by atoms with Gasteiger partial charge in [-0.1, -0.05) is 18.2 Å². The Morgan fingerprint density at radius 3 is 2.24 bits per heavy atom. The third kappa shape index (κ3) is 6.80. The number of ether oxygens (including phenoxy) is 2. The van der Waals surface area contributed by atoms with Crippen molar-refractivity contribution in [3.8, 4) is 11.5 Å². The molecule has 0 radical (unpaired) electrons. The molecule has 0 fully saturated rings. The van der Waals surface area contributed by atoms with Crippen molar-refractivity contribution < 1.29 is 19.1 Å². The summed E-state index contributed by atoms with van der Waals surface area (Å²) in [6.45, 7) is 1.46. The first-order valence-electron chi connectivity index (χ1n) is 9.44. The highest BCUT2D eigenvalue weighted by atomic mass is 16.5. The van der Waals surface area contributed by atoms with Crippen molar-refractivity contribution in [2.24, 2.45) is 0 Å². The number of likely N-dealkylation sites (N-methyl/N-ethyl adjacent to an activating group) is 1. The Kier molecular flexibility index (Phi) is 8.48. The van der Waals surface area contributed by atoms with Crippen LogP contribution in [0.2, 0.25) is 0 Å². The molecular formula is C22H29N3O4. The van der Waals surface area contributed by atoms with E-state index in [9.17, 15) is 9.59 Å². The predicted molar refractivity (Wildman–Crippen MR) is 112 cm³/mol. The van der Waals surface area contributed by atoms with Gasteiger partial charge in [0.15, 0.2) is 11.5 Å². The monoisotopic (exact) mass is 399 g/mol. The topological polar surface area (TPSA) is 79.9 Å². The smallest absolute Gasteiger partial charge is 0.251 e. The molecule has 0 saturated heterocycles. The van der Waals surface area contributed by atoms with E-state index in [1.165, 1.54) is 0 Å². The fraction of sp³-hybridized carbons (Fsp3) is 0.364. The first-order valence-corrected chi connectivity index (χ1v) is 9.44. The molecule has 7 nitrogen and oxygen atoms in total. The number of nitrogens with one attached hydrogen (secondary N) is 2. The summed E-state index contributed by atoms with van der Waals surface area (Å²) in [6.07, 6.45) is 0.705. The first-order chi connectivity index (χ1) is 14.0. The Labute approximate surface area is 172 Å². The number of carbonyl (C=O) groups is 2. The maximum atomic E-state index is 12.2. The van der Waals surface area contributed by atoms with E-state index >= 15 is 0 Å². The lowest BCUT2D eigenvalue weighted by molar-refractivity contribution is -0.122. The number of carbonyl (C=O) groups excluding carboxylic acids is 2. The molecule has 0 aliphatic rings. The van der Waals surface area contributed by atoms with Crippen LogP contribution in [0.4, 0.5) is 0 Å². The minimum absolute atomic E-state index is 0.0324. The number of methoxy groups -OCH3 is 2. The van der Waals surface area contributed by atoms with Crippen LogP contribution in [-0.2, 0) is 17.8 Å². The van der Waals surface area contributed by atoms with Crippen molar-refractivity contribution in [2.45, 2.75) is 13.0 Å². The molecule has 156 valence electrons. The van der Waals surface area contributed by atoms with E-state index in [1.54, 1.807) is 33.4 Å². The van der Waals surface area contributed by atoms with Crippen LogP contribution in [0.5, 0.6) is 11.5 Å². The number of rotatable bonds is 10. The Hall–Kier alpha value is -3.06. The molecule has 0 aliphatic heterocycles. The fourth-order valence-electron chi connectivity index (χ4n) is 2.96. The van der Waals surface area contributed by atoms with Gasteiger partial charge in [-0.2, -0.15) is 0 Å². The quantitative estimate of drug-likeness (QED) is 0.637. The molecule has 2 aromatic rings. The van der Waals surface area contributed by atoms with Crippen LogP contribution in [0.25, 0.3) is 0 Å². The molecule has 0 heterocycles. The van der Waals surface area contributed by atoms with Gasteiger partial charge in [-0.05, 0) is 48.9 Å². The van der Waals surface area contributed by atoms with Crippen LogP contribution in [0, 0.1) is 0 Å². The number of hydrogen-bond acceptors (Lipinski definition) is 5. The highest BCUT2D eigenvalue weighted by molar-refractivity contribution is 5.93. The standard InChI is InChI=1S/C22H29N3O4/c1-23-22(27)18-8-5-17(6-9-18)14-25(2)15-21(26)24-12-11-16-7-10-19(28-3)20(13-16)29-4/h5-10,13H,11-12,14-15H2,1-4H3,(H,23,27)(H,24,26). The maximum Gasteiger partial charge on any atom is 0.251 e. The van der Waals surface area contributed by atoms with Gasteiger partial charge < -0.3 is 20.1 Å². The molecule has 0 atom stereocenters. The van der Waals surface area contributed by atoms with E-state index in [4.69, 9.17) is 9.47 Å². The van der Waals surface area contributed by atoms with Crippen molar-refractivity contribution >= 4 is 11.8 Å². The number of nitrogens with zero attached hydrogens (tertiary/aromatic N) is 1. The van der Waals surface area contributed by atoms with E-state index in [0.29, 0.717) is 43.1 Å². The number of benzene rings is 2. The zero-order valence-electron chi connectivity index (χ0n) is 17.5. The third-order valence-electron chi connectivity index (χ3n) is 4.49. The van der Waals surface area contributed by atoms with Crippen molar-refractivity contribution in [1.82, 2.24) is 15.5 Å². The Morgan fingerprint density at radius 1 is 0.966 bits per heavy atom. The zero-order valence-corrected chi connectivity index (χ0v) is 17.5. The van der Waals surface area contributed by atoms with Crippen molar-refractivity contribution in [3.05, 3.63) is 59.2 Å². The number of amides is 2. The average molecular weight is 399 g/mol. The lowest BCUT2D eigenvalue weighted by Crippen LogP contribution is -2.35. The Bertz CT molecular complexity index is 821. The molecule has 0 spiro atoms. The van der Waals surface area contributed by atoms with Gasteiger partial charge in [0.25, 0.3) is 5.91 Å². The molecule has 2 rings (SSSR count). The summed E-state index contributed by atoms with van der Waals surface area (Å²) < 4.78 is 10.5. The summed E-state index contributed by atoms with van der Waals surface area (Å²) in [5.41, 5.74) is 2.72. The van der Waals surface area contributed by atoms with Gasteiger partial charge in [0.05, 0.1) is 20.8 Å². The normalized spacial score (nSPS) is 10.5. The molecular weight excluding hydrogens is 370 g/mol. The van der Waals surface area contributed by atoms with E-state index in [1.807, 2.05) is 42.3 Å². The molecule has 2 N–H and O–H groups in total. The van der Waals surface area contributed by atoms with Crippen LogP contribution < -0.4 is 20.1 Å². The molecule has 7 heteroatoms. The van der Waals surface area contributed by atoms with Crippen LogP contribution in [0.15, 0.2) is 42.5 Å². The number of hydrogen-bond donors (Lipinski definition) is 2. The molecule has 0 aliphatic carbocycles. The maximum absolute atomic E-state index is 12.2. The SMILES string of the molecule is CNC(=O)c1ccc(CN(C)CC(=O)NCCc2ccc(OC)c(OC)c2)cc1. The van der Waals surface area contributed by atoms with Gasteiger partial charge in [0, 0.05) is 25.7 Å². The second-order valence-corrected chi connectivity index (χ2v) is 6.74. The second-order valence-electron chi connectivity index (χ2n) is 6.74. The van der Waals surface area contributed by atoms with Crippen LogP contribution in [0.1, 0.15) is 21.5 Å². The highest BCUT2D eigenvalue weighted by Crippen LogP contribution is 2.27. The molecule has 29 heavy (non-hydrogen) atoms. The predicted octanol–water partition coefficient (Wildman–Crippen LogP) is 1.85. The summed E-state index contributed by atoms with van der Waals surface area (Å²) in [5, 5.41) is 5.54. The van der Waals surface area contributed by atoms with Crippen molar-refractivity contribution in [1.29, 1.82) is 0 Å². The van der Waals surface area contributed by atoms with Gasteiger partial charge >= 0.3 is 0 Å². The minimum Gasteiger partial charge on any atom is -0.493 e. The van der Waals surface area contributed by atoms with Gasteiger partial charge in [-0.25, -0.2) is 0 Å². The summed E-state index contributed by atoms with van der Waals surface area (Å²) in [6, 6.07) is 13.1. The largest absolute Gasteiger partial charge is 0.493 e. The average Bonchev–Trinajstić information content (AvgIpc) is 2.73. The first kappa shape index (κ1) is 22.2. The van der Waals surface area contributed by atoms with E-state index in [0.717, 1.165) is 11.1 Å². The van der Waals surface area contributed by atoms with Crippen molar-refractivity contribution in [2.75, 3.05) is 41.4 Å². The van der Waals surface area contributed by atoms with Crippen molar-refractivity contribution in [3.63, 3.8) is 0 Å². The highest BCUT2D eigenvalue weighted by Gasteiger charge is 2.09. The van der Waals surface area contributed by atoms with Gasteiger partial charge in [-0.3, -0.25) is 14.5 Å². The second kappa shape index (κ2) is 11.1. The van der Waals surface area contributed by atoms with Crippen LogP contribution >= 0.6 is 0 Å². The summed E-state index contributed by atoms with van der Waals surface area (Å²) in [7, 11) is 6.70. The van der Waals surface area contributed by atoms with E-state index in [-0.39, 0.29) is 11.8 Å². The molecule has 0 bridgehead atoms.